The van der Waals surface area contributed by atoms with Crippen LogP contribution in [-0.4, -0.2) is 39.2 Å². The van der Waals surface area contributed by atoms with E-state index in [2.05, 4.69) is 0 Å². The molecular formula is C18H19F2NO4. The number of carbonyl (C=O) groups excluding carboxylic acids is 1. The van der Waals surface area contributed by atoms with E-state index in [4.69, 9.17) is 14.2 Å². The van der Waals surface area contributed by atoms with Crippen molar-refractivity contribution in [2.24, 2.45) is 0 Å². The van der Waals surface area contributed by atoms with Gasteiger partial charge in [0.15, 0.2) is 11.5 Å². The summed E-state index contributed by atoms with van der Waals surface area (Å²) in [7, 11) is 5.97. The molecule has 0 spiro atoms. The molecule has 0 saturated carbocycles. The van der Waals surface area contributed by atoms with E-state index in [0.717, 1.165) is 12.1 Å². The van der Waals surface area contributed by atoms with Crippen LogP contribution in [0, 0.1) is 11.6 Å². The van der Waals surface area contributed by atoms with Crippen LogP contribution in [0.4, 0.5) is 8.78 Å². The summed E-state index contributed by atoms with van der Waals surface area (Å²) in [4.78, 5) is 13.7. The average Bonchev–Trinajstić information content (AvgIpc) is 2.60. The van der Waals surface area contributed by atoms with Gasteiger partial charge < -0.3 is 19.1 Å². The largest absolute Gasteiger partial charge is 0.493 e. The molecule has 5 nitrogen and oxygen atoms in total. The molecule has 0 saturated heterocycles. The van der Waals surface area contributed by atoms with Gasteiger partial charge in [-0.3, -0.25) is 4.79 Å². The van der Waals surface area contributed by atoms with E-state index >= 15 is 0 Å². The highest BCUT2D eigenvalue weighted by atomic mass is 19.1. The molecule has 0 aromatic heterocycles. The van der Waals surface area contributed by atoms with Crippen LogP contribution in [0.3, 0.4) is 0 Å². The second kappa shape index (κ2) is 7.83. The van der Waals surface area contributed by atoms with Gasteiger partial charge in [-0.1, -0.05) is 0 Å². The van der Waals surface area contributed by atoms with E-state index in [1.807, 2.05) is 0 Å². The SMILES string of the molecule is COc1ccc(CN(C)C(=O)c2ccc(F)cc2F)c(OC)c1OC. The fourth-order valence-corrected chi connectivity index (χ4v) is 2.48. The van der Waals surface area contributed by atoms with E-state index in [0.29, 0.717) is 28.9 Å². The maximum absolute atomic E-state index is 13.8. The van der Waals surface area contributed by atoms with Crippen molar-refractivity contribution in [3.8, 4) is 17.2 Å². The van der Waals surface area contributed by atoms with Crippen LogP contribution in [0.25, 0.3) is 0 Å². The Bertz CT molecular complexity index is 780. The van der Waals surface area contributed by atoms with Crippen LogP contribution in [0.15, 0.2) is 30.3 Å². The summed E-state index contributed by atoms with van der Waals surface area (Å²) >= 11 is 0. The minimum absolute atomic E-state index is 0.138. The summed E-state index contributed by atoms with van der Waals surface area (Å²) in [6.07, 6.45) is 0. The fraction of sp³-hybridized carbons (Fsp3) is 0.278. The second-order valence-corrected chi connectivity index (χ2v) is 5.28. The predicted octanol–water partition coefficient (Wildman–Crippen LogP) is 3.26. The quantitative estimate of drug-likeness (QED) is 0.802. The number of ether oxygens (including phenoxy) is 3. The van der Waals surface area contributed by atoms with Gasteiger partial charge in [-0.05, 0) is 24.3 Å². The predicted molar refractivity (Wildman–Crippen MR) is 88.3 cm³/mol. The van der Waals surface area contributed by atoms with Crippen LogP contribution in [-0.2, 0) is 6.54 Å². The molecule has 0 aliphatic heterocycles. The van der Waals surface area contributed by atoms with E-state index < -0.39 is 17.5 Å². The Labute approximate surface area is 144 Å². The molecule has 25 heavy (non-hydrogen) atoms. The molecule has 0 unspecified atom stereocenters. The topological polar surface area (TPSA) is 48.0 Å². The third kappa shape index (κ3) is 3.81. The first-order valence-electron chi connectivity index (χ1n) is 7.41. The number of hydrogen-bond acceptors (Lipinski definition) is 4. The number of hydrogen-bond donors (Lipinski definition) is 0. The number of methoxy groups -OCH3 is 3. The molecule has 2 rings (SSSR count). The van der Waals surface area contributed by atoms with Crippen LogP contribution in [0.5, 0.6) is 17.2 Å². The van der Waals surface area contributed by atoms with Crippen molar-refractivity contribution < 1.29 is 27.8 Å². The second-order valence-electron chi connectivity index (χ2n) is 5.28. The third-order valence-corrected chi connectivity index (χ3v) is 3.70. The third-order valence-electron chi connectivity index (χ3n) is 3.70. The van der Waals surface area contributed by atoms with Gasteiger partial charge in [-0.25, -0.2) is 8.78 Å². The molecule has 0 atom stereocenters. The first-order valence-corrected chi connectivity index (χ1v) is 7.41. The van der Waals surface area contributed by atoms with Crippen molar-refractivity contribution in [2.75, 3.05) is 28.4 Å². The first-order chi connectivity index (χ1) is 11.9. The molecule has 2 aromatic carbocycles. The lowest BCUT2D eigenvalue weighted by Crippen LogP contribution is -2.27. The van der Waals surface area contributed by atoms with Crippen molar-refractivity contribution in [1.29, 1.82) is 0 Å². The zero-order chi connectivity index (χ0) is 18.6. The standard InChI is InChI=1S/C18H19F2NO4/c1-21(18(22)13-7-6-12(19)9-14(13)20)10-11-5-8-15(23-2)17(25-4)16(11)24-3/h5-9H,10H2,1-4H3. The van der Waals surface area contributed by atoms with Crippen LogP contribution in [0.1, 0.15) is 15.9 Å². The van der Waals surface area contributed by atoms with Gasteiger partial charge in [-0.2, -0.15) is 0 Å². The summed E-state index contributed by atoms with van der Waals surface area (Å²) in [6.45, 7) is 0.138. The van der Waals surface area contributed by atoms with E-state index in [9.17, 15) is 13.6 Å². The molecule has 0 aliphatic carbocycles. The van der Waals surface area contributed by atoms with Gasteiger partial charge >= 0.3 is 0 Å². The highest BCUT2D eigenvalue weighted by Gasteiger charge is 2.21. The monoisotopic (exact) mass is 351 g/mol. The van der Waals surface area contributed by atoms with Gasteiger partial charge in [0.2, 0.25) is 5.75 Å². The van der Waals surface area contributed by atoms with Gasteiger partial charge in [0.1, 0.15) is 11.6 Å². The Kier molecular flexibility index (Phi) is 5.80. The summed E-state index contributed by atoms with van der Waals surface area (Å²) in [5.41, 5.74) is 0.446. The molecule has 134 valence electrons. The van der Waals surface area contributed by atoms with Crippen molar-refractivity contribution in [1.82, 2.24) is 4.90 Å². The molecule has 0 aliphatic rings. The lowest BCUT2D eigenvalue weighted by molar-refractivity contribution is 0.0779. The summed E-state index contributed by atoms with van der Waals surface area (Å²) in [6, 6.07) is 6.26. The van der Waals surface area contributed by atoms with E-state index in [1.165, 1.54) is 33.3 Å². The maximum Gasteiger partial charge on any atom is 0.256 e. The summed E-state index contributed by atoms with van der Waals surface area (Å²) < 4.78 is 42.7. The van der Waals surface area contributed by atoms with Gasteiger partial charge in [0, 0.05) is 25.2 Å². The highest BCUT2D eigenvalue weighted by molar-refractivity contribution is 5.94. The average molecular weight is 351 g/mol. The summed E-state index contributed by atoms with van der Waals surface area (Å²) in [5.74, 6) is -0.914. The Balaban J connectivity index is 2.31. The molecule has 0 N–H and O–H groups in total. The van der Waals surface area contributed by atoms with Crippen molar-refractivity contribution in [3.05, 3.63) is 53.1 Å². The number of amides is 1. The van der Waals surface area contributed by atoms with Crippen molar-refractivity contribution >= 4 is 5.91 Å². The number of halogens is 2. The summed E-state index contributed by atoms with van der Waals surface area (Å²) in [5, 5.41) is 0. The normalized spacial score (nSPS) is 10.3. The minimum atomic E-state index is -0.906. The number of benzene rings is 2. The zero-order valence-electron chi connectivity index (χ0n) is 14.4. The number of nitrogens with zero attached hydrogens (tertiary/aromatic N) is 1. The Morgan fingerprint density at radius 1 is 1.00 bits per heavy atom. The van der Waals surface area contributed by atoms with Crippen molar-refractivity contribution in [3.63, 3.8) is 0 Å². The Morgan fingerprint density at radius 2 is 1.68 bits per heavy atom. The Hall–Kier alpha value is -2.83. The molecule has 0 heterocycles. The molecule has 0 fully saturated rings. The number of rotatable bonds is 6. The van der Waals surface area contributed by atoms with E-state index in [1.54, 1.807) is 12.1 Å². The maximum atomic E-state index is 13.8. The first kappa shape index (κ1) is 18.5. The minimum Gasteiger partial charge on any atom is -0.493 e. The van der Waals surface area contributed by atoms with Crippen LogP contribution >= 0.6 is 0 Å². The molecule has 2 aromatic rings. The van der Waals surface area contributed by atoms with Gasteiger partial charge in [0.05, 0.1) is 26.9 Å². The van der Waals surface area contributed by atoms with Crippen LogP contribution in [0.2, 0.25) is 0 Å². The highest BCUT2D eigenvalue weighted by Crippen LogP contribution is 2.40. The van der Waals surface area contributed by atoms with E-state index in [-0.39, 0.29) is 12.1 Å². The van der Waals surface area contributed by atoms with Crippen molar-refractivity contribution in [2.45, 2.75) is 6.54 Å². The molecule has 0 radical (unpaired) electrons. The Morgan fingerprint density at radius 3 is 2.24 bits per heavy atom. The molecular weight excluding hydrogens is 332 g/mol. The van der Waals surface area contributed by atoms with Gasteiger partial charge in [0.25, 0.3) is 5.91 Å². The lowest BCUT2D eigenvalue weighted by atomic mass is 10.1. The lowest BCUT2D eigenvalue weighted by Gasteiger charge is -2.21. The van der Waals surface area contributed by atoms with Crippen LogP contribution < -0.4 is 14.2 Å². The number of carbonyl (C=O) groups is 1. The van der Waals surface area contributed by atoms with Gasteiger partial charge in [-0.15, -0.1) is 0 Å². The zero-order valence-corrected chi connectivity index (χ0v) is 14.4. The molecule has 0 bridgehead atoms. The molecule has 7 heteroatoms. The molecule has 1 amide bonds. The fourth-order valence-electron chi connectivity index (χ4n) is 2.48. The smallest absolute Gasteiger partial charge is 0.256 e.